The Hall–Kier alpha value is -0.380. The number of epoxide rings is 1. The number of allylic oxidation sites excluding steroid dienone is 1. The molecule has 1 aliphatic heterocycles. The quantitative estimate of drug-likeness (QED) is 0.375. The number of ether oxygens (including phenoxy) is 1. The topological polar surface area (TPSA) is 53.0 Å². The fourth-order valence-electron chi connectivity index (χ4n) is 9.53. The van der Waals surface area contributed by atoms with Crippen molar-refractivity contribution in [2.45, 2.75) is 130 Å². The molecule has 3 saturated carbocycles. The van der Waals surface area contributed by atoms with Crippen molar-refractivity contribution < 1.29 is 14.9 Å². The number of hydrogen-bond acceptors (Lipinski definition) is 3. The van der Waals surface area contributed by atoms with E-state index in [0.717, 1.165) is 42.9 Å². The lowest BCUT2D eigenvalue weighted by Crippen LogP contribution is -2.57. The molecule has 0 aromatic heterocycles. The predicted octanol–water partition coefficient (Wildman–Crippen LogP) is 6.27. The van der Waals surface area contributed by atoms with Crippen molar-refractivity contribution in [2.75, 3.05) is 0 Å². The van der Waals surface area contributed by atoms with Crippen molar-refractivity contribution in [3.63, 3.8) is 0 Å². The van der Waals surface area contributed by atoms with Gasteiger partial charge in [0.1, 0.15) is 17.8 Å². The fourth-order valence-corrected chi connectivity index (χ4v) is 9.53. The van der Waals surface area contributed by atoms with Gasteiger partial charge in [-0.2, -0.15) is 0 Å². The second kappa shape index (κ2) is 7.82. The second-order valence-electron chi connectivity index (χ2n) is 13.2. The molecule has 0 aromatic rings. The van der Waals surface area contributed by atoms with Gasteiger partial charge in [-0.1, -0.05) is 60.0 Å². The Bertz CT molecular complexity index is 772. The first-order valence-electron chi connectivity index (χ1n) is 13.9. The van der Waals surface area contributed by atoms with Crippen molar-refractivity contribution in [2.24, 2.45) is 40.4 Å². The smallest absolute Gasteiger partial charge is 0.118 e. The zero-order valence-electron chi connectivity index (χ0n) is 21.5. The van der Waals surface area contributed by atoms with E-state index in [9.17, 15) is 10.2 Å². The molecule has 4 fully saturated rings. The fraction of sp³-hybridized carbons (Fsp3) is 0.931. The van der Waals surface area contributed by atoms with E-state index in [1.54, 1.807) is 5.57 Å². The van der Waals surface area contributed by atoms with Crippen molar-refractivity contribution in [3.05, 3.63) is 11.1 Å². The van der Waals surface area contributed by atoms with Gasteiger partial charge in [0, 0.05) is 11.8 Å². The summed E-state index contributed by atoms with van der Waals surface area (Å²) in [5.74, 6) is 3.56. The molecule has 2 N–H and O–H groups in total. The number of aliphatic hydroxyl groups excluding tert-OH is 2. The molecular formula is C29H48O3. The molecule has 3 nitrogen and oxygen atoms in total. The molecule has 5 unspecified atom stereocenters. The van der Waals surface area contributed by atoms with Gasteiger partial charge < -0.3 is 14.9 Å². The van der Waals surface area contributed by atoms with E-state index in [-0.39, 0.29) is 28.6 Å². The molecule has 1 saturated heterocycles. The van der Waals surface area contributed by atoms with Gasteiger partial charge in [0.25, 0.3) is 0 Å². The molecular weight excluding hydrogens is 396 g/mol. The molecule has 0 amide bonds. The van der Waals surface area contributed by atoms with Crippen molar-refractivity contribution >= 4 is 0 Å². The Balaban J connectivity index is 1.41. The van der Waals surface area contributed by atoms with Crippen LogP contribution in [0.1, 0.15) is 106 Å². The van der Waals surface area contributed by atoms with Gasteiger partial charge in [0.15, 0.2) is 0 Å². The van der Waals surface area contributed by atoms with Gasteiger partial charge in [-0.25, -0.2) is 0 Å². The van der Waals surface area contributed by atoms with Crippen LogP contribution < -0.4 is 0 Å². The highest BCUT2D eigenvalue weighted by atomic mass is 16.6. The van der Waals surface area contributed by atoms with Crippen LogP contribution in [0.5, 0.6) is 0 Å². The highest BCUT2D eigenvalue weighted by Crippen LogP contribution is 2.72. The molecule has 1 spiro atoms. The molecule has 32 heavy (non-hydrogen) atoms. The summed E-state index contributed by atoms with van der Waals surface area (Å²) in [7, 11) is 0. The van der Waals surface area contributed by atoms with Crippen LogP contribution in [0, 0.1) is 40.4 Å². The molecule has 182 valence electrons. The third kappa shape index (κ3) is 3.09. The van der Waals surface area contributed by atoms with Crippen LogP contribution in [0.3, 0.4) is 0 Å². The lowest BCUT2D eigenvalue weighted by molar-refractivity contribution is -0.0516. The molecule has 3 heteroatoms. The maximum Gasteiger partial charge on any atom is 0.118 e. The summed E-state index contributed by atoms with van der Waals surface area (Å²) in [5.41, 5.74) is 3.06. The van der Waals surface area contributed by atoms with E-state index >= 15 is 0 Å². The average Bonchev–Trinajstić information content (AvgIpc) is 3.36. The largest absolute Gasteiger partial charge is 0.393 e. The Labute approximate surface area is 196 Å². The summed E-state index contributed by atoms with van der Waals surface area (Å²) in [5, 5.41) is 21.9. The van der Waals surface area contributed by atoms with Gasteiger partial charge in [0.05, 0.1) is 6.10 Å². The summed E-state index contributed by atoms with van der Waals surface area (Å²) in [4.78, 5) is 0. The van der Waals surface area contributed by atoms with E-state index in [1.165, 1.54) is 50.5 Å². The van der Waals surface area contributed by atoms with Crippen LogP contribution in [-0.4, -0.2) is 34.1 Å². The monoisotopic (exact) mass is 444 g/mol. The predicted molar refractivity (Wildman–Crippen MR) is 129 cm³/mol. The molecule has 0 bridgehead atoms. The third-order valence-corrected chi connectivity index (χ3v) is 11.7. The van der Waals surface area contributed by atoms with Crippen LogP contribution in [-0.2, 0) is 4.74 Å². The number of hydrogen-bond donors (Lipinski definition) is 2. The highest BCUT2D eigenvalue weighted by molar-refractivity contribution is 5.43. The summed E-state index contributed by atoms with van der Waals surface area (Å²) < 4.78 is 6.36. The Morgan fingerprint density at radius 3 is 2.47 bits per heavy atom. The first-order chi connectivity index (χ1) is 15.1. The Morgan fingerprint density at radius 1 is 1.03 bits per heavy atom. The first kappa shape index (κ1) is 23.4. The maximum absolute atomic E-state index is 11.5. The van der Waals surface area contributed by atoms with Gasteiger partial charge in [-0.15, -0.1) is 0 Å². The molecule has 4 aliphatic carbocycles. The molecule has 0 radical (unpaired) electrons. The maximum atomic E-state index is 11.5. The van der Waals surface area contributed by atoms with E-state index in [0.29, 0.717) is 5.92 Å². The normalized spacial score (nSPS) is 49.2. The summed E-state index contributed by atoms with van der Waals surface area (Å²) >= 11 is 0. The summed E-state index contributed by atoms with van der Waals surface area (Å²) in [6, 6.07) is 0. The van der Waals surface area contributed by atoms with Crippen molar-refractivity contribution in [1.29, 1.82) is 0 Å². The zero-order chi connectivity index (χ0) is 23.1. The Kier molecular flexibility index (Phi) is 5.71. The lowest BCUT2D eigenvalue weighted by Gasteiger charge is -2.56. The molecule has 10 atom stereocenters. The number of aliphatic hydroxyl groups is 2. The highest BCUT2D eigenvalue weighted by Gasteiger charge is 2.77. The van der Waals surface area contributed by atoms with E-state index in [4.69, 9.17) is 4.74 Å². The molecule has 0 aromatic carbocycles. The van der Waals surface area contributed by atoms with Crippen LogP contribution in [0.15, 0.2) is 11.1 Å². The standard InChI is InChI=1S/C29H48O3/c1-7-19(17(2)3)9-8-18(4)21-10-11-22-24-23(13-14-27(21,22)5)28(6)15-12-20(30)16-29(28)26(32-29)25(24)31/h17-21,23,25-26,30-31H,7-16H2,1-6H3/t18?,19-,20+,21-,23?,25?,26?,27-,28-,29?/m1/s1. The minimum atomic E-state index is -0.451. The third-order valence-electron chi connectivity index (χ3n) is 11.7. The van der Waals surface area contributed by atoms with Crippen LogP contribution in [0.2, 0.25) is 0 Å². The van der Waals surface area contributed by atoms with E-state index in [1.807, 2.05) is 0 Å². The van der Waals surface area contributed by atoms with Crippen LogP contribution in [0.4, 0.5) is 0 Å². The summed E-state index contributed by atoms with van der Waals surface area (Å²) in [6.45, 7) is 14.6. The average molecular weight is 445 g/mol. The van der Waals surface area contributed by atoms with Crippen molar-refractivity contribution in [1.82, 2.24) is 0 Å². The van der Waals surface area contributed by atoms with Gasteiger partial charge >= 0.3 is 0 Å². The number of fused-ring (bicyclic) bond motifs is 3. The zero-order valence-corrected chi connectivity index (χ0v) is 21.5. The Morgan fingerprint density at radius 2 is 1.78 bits per heavy atom. The first-order valence-corrected chi connectivity index (χ1v) is 13.9. The molecule has 5 aliphatic rings. The minimum Gasteiger partial charge on any atom is -0.393 e. The van der Waals surface area contributed by atoms with Crippen LogP contribution >= 0.6 is 0 Å². The van der Waals surface area contributed by atoms with Gasteiger partial charge in [-0.05, 0) is 85.5 Å². The SMILES string of the molecule is CC[C@H](CCC(C)[C@H]1CCC2=C3C(O)C4OC45C[C@@H](O)CC[C@]5(C)C3CC[C@@]21C)C(C)C. The molecule has 1 heterocycles. The van der Waals surface area contributed by atoms with Crippen molar-refractivity contribution in [3.8, 4) is 0 Å². The molecule has 5 rings (SSSR count). The van der Waals surface area contributed by atoms with E-state index < -0.39 is 6.10 Å². The lowest BCUT2D eigenvalue weighted by atomic mass is 9.48. The second-order valence-corrected chi connectivity index (χ2v) is 13.2. The van der Waals surface area contributed by atoms with Crippen LogP contribution in [0.25, 0.3) is 0 Å². The summed E-state index contributed by atoms with van der Waals surface area (Å²) in [6.07, 6.45) is 10.7. The van der Waals surface area contributed by atoms with Gasteiger partial charge in [0.2, 0.25) is 0 Å². The minimum absolute atomic E-state index is 0.0785. The van der Waals surface area contributed by atoms with E-state index in [2.05, 4.69) is 41.5 Å². The van der Waals surface area contributed by atoms with Gasteiger partial charge in [-0.3, -0.25) is 0 Å². The number of rotatable bonds is 6.